The molecule has 3 rings (SSSR count). The van der Waals surface area contributed by atoms with Crippen LogP contribution < -0.4 is 5.32 Å². The molecule has 1 unspecified atom stereocenters. The molecule has 2 aliphatic heterocycles. The van der Waals surface area contributed by atoms with Crippen LogP contribution in [0.3, 0.4) is 0 Å². The van der Waals surface area contributed by atoms with E-state index in [1.807, 2.05) is 42.2 Å². The highest BCUT2D eigenvalue weighted by Crippen LogP contribution is 2.27. The Bertz CT molecular complexity index is 419. The molecule has 2 fully saturated rings. The Labute approximate surface area is 108 Å². The molecule has 1 aromatic carbocycles. The summed E-state index contributed by atoms with van der Waals surface area (Å²) in [4.78, 5) is 14.5. The lowest BCUT2D eigenvalue weighted by molar-refractivity contribution is -0.131. The smallest absolute Gasteiger partial charge is 0.229 e. The molecule has 2 aliphatic rings. The summed E-state index contributed by atoms with van der Waals surface area (Å²) in [6, 6.07) is 10.6. The van der Waals surface area contributed by atoms with Gasteiger partial charge in [0.25, 0.3) is 0 Å². The zero-order valence-corrected chi connectivity index (χ0v) is 10.8. The van der Waals surface area contributed by atoms with E-state index in [0.717, 1.165) is 25.2 Å². The molecule has 1 aromatic rings. The summed E-state index contributed by atoms with van der Waals surface area (Å²) in [7, 11) is 0. The average Bonchev–Trinajstić information content (AvgIpc) is 2.99. The Morgan fingerprint density at radius 1 is 1.33 bits per heavy atom. The van der Waals surface area contributed by atoms with Gasteiger partial charge in [-0.15, -0.1) is 0 Å². The van der Waals surface area contributed by atoms with Crippen LogP contribution in [0.2, 0.25) is 0 Å². The van der Waals surface area contributed by atoms with E-state index in [2.05, 4.69) is 5.32 Å². The van der Waals surface area contributed by atoms with Crippen LogP contribution in [-0.2, 0) is 4.79 Å². The van der Waals surface area contributed by atoms with Gasteiger partial charge in [-0.05, 0) is 31.4 Å². The number of hydrogen-bond acceptors (Lipinski definition) is 2. The van der Waals surface area contributed by atoms with Crippen molar-refractivity contribution < 1.29 is 4.79 Å². The fraction of sp³-hybridized carbons (Fsp3) is 0.533. The molecule has 1 amide bonds. The number of hydrogen-bond donors (Lipinski definition) is 1. The predicted molar refractivity (Wildman–Crippen MR) is 71.3 cm³/mol. The standard InChI is InChI=1S/C15H20N2O/c1-11(12-5-3-2-4-6-12)15(18)17-9-13-7-8-16-14(13)10-17/h2-6,11,13-14,16H,7-10H2,1H3/t11?,13-,14+/m0/s1. The third-order valence-electron chi connectivity index (χ3n) is 4.34. The second kappa shape index (κ2) is 4.73. The van der Waals surface area contributed by atoms with Crippen molar-refractivity contribution in [3.05, 3.63) is 35.9 Å². The van der Waals surface area contributed by atoms with E-state index in [4.69, 9.17) is 0 Å². The zero-order chi connectivity index (χ0) is 12.5. The van der Waals surface area contributed by atoms with Gasteiger partial charge in [0.2, 0.25) is 5.91 Å². The number of fused-ring (bicyclic) bond motifs is 1. The van der Waals surface area contributed by atoms with E-state index in [9.17, 15) is 4.79 Å². The second-order valence-electron chi connectivity index (χ2n) is 5.48. The Kier molecular flexibility index (Phi) is 3.08. The van der Waals surface area contributed by atoms with Gasteiger partial charge < -0.3 is 10.2 Å². The maximum atomic E-state index is 12.5. The Morgan fingerprint density at radius 2 is 2.11 bits per heavy atom. The van der Waals surface area contributed by atoms with Gasteiger partial charge in [-0.25, -0.2) is 0 Å². The Hall–Kier alpha value is -1.35. The first-order valence-corrected chi connectivity index (χ1v) is 6.83. The molecule has 96 valence electrons. The van der Waals surface area contributed by atoms with E-state index in [-0.39, 0.29) is 11.8 Å². The van der Waals surface area contributed by atoms with Crippen molar-refractivity contribution in [3.63, 3.8) is 0 Å². The fourth-order valence-corrected chi connectivity index (χ4v) is 3.19. The molecule has 0 bridgehead atoms. The Morgan fingerprint density at radius 3 is 2.83 bits per heavy atom. The second-order valence-corrected chi connectivity index (χ2v) is 5.48. The summed E-state index contributed by atoms with van der Waals surface area (Å²) in [6.45, 7) is 4.96. The fourth-order valence-electron chi connectivity index (χ4n) is 3.19. The predicted octanol–water partition coefficient (Wildman–Crippen LogP) is 1.61. The van der Waals surface area contributed by atoms with Crippen molar-refractivity contribution >= 4 is 5.91 Å². The lowest BCUT2D eigenvalue weighted by atomic mass is 10.00. The van der Waals surface area contributed by atoms with Gasteiger partial charge >= 0.3 is 0 Å². The lowest BCUT2D eigenvalue weighted by Crippen LogP contribution is -2.36. The number of carbonyl (C=O) groups is 1. The normalized spacial score (nSPS) is 28.2. The van der Waals surface area contributed by atoms with Crippen molar-refractivity contribution in [2.45, 2.75) is 25.3 Å². The molecule has 0 spiro atoms. The van der Waals surface area contributed by atoms with Crippen LogP contribution in [-0.4, -0.2) is 36.5 Å². The number of nitrogens with zero attached hydrogens (tertiary/aromatic N) is 1. The van der Waals surface area contributed by atoms with Crippen LogP contribution in [0.5, 0.6) is 0 Å². The van der Waals surface area contributed by atoms with Crippen molar-refractivity contribution in [3.8, 4) is 0 Å². The number of amides is 1. The highest BCUT2D eigenvalue weighted by atomic mass is 16.2. The van der Waals surface area contributed by atoms with E-state index < -0.39 is 0 Å². The molecule has 3 heteroatoms. The summed E-state index contributed by atoms with van der Waals surface area (Å²) in [6.07, 6.45) is 1.22. The van der Waals surface area contributed by atoms with Crippen molar-refractivity contribution in [2.75, 3.05) is 19.6 Å². The summed E-state index contributed by atoms with van der Waals surface area (Å²) < 4.78 is 0. The number of nitrogens with one attached hydrogen (secondary N) is 1. The molecular weight excluding hydrogens is 224 g/mol. The molecule has 0 saturated carbocycles. The largest absolute Gasteiger partial charge is 0.340 e. The third kappa shape index (κ3) is 2.03. The SMILES string of the molecule is CC(C(=O)N1C[C@@H]2CCN[C@@H]2C1)c1ccccc1. The van der Waals surface area contributed by atoms with Gasteiger partial charge in [-0.2, -0.15) is 0 Å². The minimum absolute atomic E-state index is 0.0231. The van der Waals surface area contributed by atoms with Gasteiger partial charge in [0.05, 0.1) is 5.92 Å². The van der Waals surface area contributed by atoms with Crippen LogP contribution >= 0.6 is 0 Å². The van der Waals surface area contributed by atoms with E-state index in [1.165, 1.54) is 6.42 Å². The minimum Gasteiger partial charge on any atom is -0.340 e. The maximum absolute atomic E-state index is 12.5. The molecule has 0 aromatic heterocycles. The van der Waals surface area contributed by atoms with Crippen LogP contribution in [0, 0.1) is 5.92 Å². The molecule has 2 heterocycles. The first kappa shape index (κ1) is 11.7. The molecule has 18 heavy (non-hydrogen) atoms. The number of carbonyl (C=O) groups excluding carboxylic acids is 1. The summed E-state index contributed by atoms with van der Waals surface area (Å²) in [5, 5.41) is 3.49. The van der Waals surface area contributed by atoms with Gasteiger partial charge in [0.1, 0.15) is 0 Å². The van der Waals surface area contributed by atoms with Crippen molar-refractivity contribution in [1.82, 2.24) is 10.2 Å². The number of benzene rings is 1. The zero-order valence-electron chi connectivity index (χ0n) is 10.8. The van der Waals surface area contributed by atoms with Crippen LogP contribution in [0.1, 0.15) is 24.8 Å². The first-order chi connectivity index (χ1) is 8.75. The Balaban J connectivity index is 1.68. The van der Waals surface area contributed by atoms with Crippen molar-refractivity contribution in [2.24, 2.45) is 5.92 Å². The van der Waals surface area contributed by atoms with Crippen LogP contribution in [0.25, 0.3) is 0 Å². The lowest BCUT2D eigenvalue weighted by Gasteiger charge is -2.22. The maximum Gasteiger partial charge on any atom is 0.229 e. The van der Waals surface area contributed by atoms with Crippen LogP contribution in [0.15, 0.2) is 30.3 Å². The topological polar surface area (TPSA) is 32.3 Å². The van der Waals surface area contributed by atoms with Crippen LogP contribution in [0.4, 0.5) is 0 Å². The molecule has 0 radical (unpaired) electrons. The quantitative estimate of drug-likeness (QED) is 0.857. The van der Waals surface area contributed by atoms with E-state index in [0.29, 0.717) is 12.0 Å². The molecule has 2 saturated heterocycles. The van der Waals surface area contributed by atoms with Gasteiger partial charge in [-0.3, -0.25) is 4.79 Å². The molecule has 3 nitrogen and oxygen atoms in total. The van der Waals surface area contributed by atoms with Gasteiger partial charge in [-0.1, -0.05) is 30.3 Å². The highest BCUT2D eigenvalue weighted by Gasteiger charge is 2.38. The monoisotopic (exact) mass is 244 g/mol. The molecular formula is C15H20N2O. The van der Waals surface area contributed by atoms with E-state index >= 15 is 0 Å². The molecule has 3 atom stereocenters. The molecule has 0 aliphatic carbocycles. The van der Waals surface area contributed by atoms with Gasteiger partial charge in [0.15, 0.2) is 0 Å². The average molecular weight is 244 g/mol. The first-order valence-electron chi connectivity index (χ1n) is 6.83. The highest BCUT2D eigenvalue weighted by molar-refractivity contribution is 5.83. The third-order valence-corrected chi connectivity index (χ3v) is 4.34. The number of rotatable bonds is 2. The molecule has 1 N–H and O–H groups in total. The van der Waals surface area contributed by atoms with Gasteiger partial charge in [0, 0.05) is 19.1 Å². The summed E-state index contributed by atoms with van der Waals surface area (Å²) in [5.41, 5.74) is 1.12. The summed E-state index contributed by atoms with van der Waals surface area (Å²) >= 11 is 0. The summed E-state index contributed by atoms with van der Waals surface area (Å²) in [5.74, 6) is 0.930. The number of likely N-dealkylation sites (tertiary alicyclic amines) is 1. The van der Waals surface area contributed by atoms with Crippen molar-refractivity contribution in [1.29, 1.82) is 0 Å². The van der Waals surface area contributed by atoms with E-state index in [1.54, 1.807) is 0 Å². The minimum atomic E-state index is -0.0231.